The normalized spacial score (nSPS) is 17.1. The lowest BCUT2D eigenvalue weighted by Crippen LogP contribution is -2.32. The molecule has 4 nitrogen and oxygen atoms in total. The minimum atomic E-state index is -3.40. The van der Waals surface area contributed by atoms with Crippen molar-refractivity contribution in [2.45, 2.75) is 32.1 Å². The first-order valence-electron chi connectivity index (χ1n) is 5.06. The maximum atomic E-state index is 11.6. The summed E-state index contributed by atoms with van der Waals surface area (Å²) >= 11 is 0. The molecule has 5 heteroatoms. The van der Waals surface area contributed by atoms with Gasteiger partial charge in [0.25, 0.3) is 0 Å². The first kappa shape index (κ1) is 12.2. The molecule has 1 aliphatic carbocycles. The first-order chi connectivity index (χ1) is 6.91. The van der Waals surface area contributed by atoms with E-state index >= 15 is 0 Å². The van der Waals surface area contributed by atoms with E-state index < -0.39 is 10.0 Å². The molecule has 0 aromatic carbocycles. The number of carbonyl (C=O) groups excluding carboxylic acids is 1. The van der Waals surface area contributed by atoms with E-state index in [9.17, 15) is 13.2 Å². The molecule has 0 unspecified atom stereocenters. The minimum Gasteiger partial charge on any atom is -0.273 e. The summed E-state index contributed by atoms with van der Waals surface area (Å²) in [5.41, 5.74) is 1.07. The Labute approximate surface area is 91.0 Å². The number of hydrogen-bond acceptors (Lipinski definition) is 3. The summed E-state index contributed by atoms with van der Waals surface area (Å²) in [5, 5.41) is 0. The Morgan fingerprint density at radius 1 is 1.47 bits per heavy atom. The Morgan fingerprint density at radius 3 is 2.60 bits per heavy atom. The standard InChI is InChI=1S/C10H17NO3S/c1-11(15(2,13)14)10(12)8-9-6-4-3-5-7-9/h6H,3-5,7-8H2,1-2H3. The molecule has 0 saturated heterocycles. The summed E-state index contributed by atoms with van der Waals surface area (Å²) in [7, 11) is -2.09. The molecule has 86 valence electrons. The van der Waals surface area contributed by atoms with Crippen molar-refractivity contribution in [1.29, 1.82) is 0 Å². The molecule has 0 aliphatic heterocycles. The second-order valence-corrected chi connectivity index (χ2v) is 5.92. The molecule has 0 aromatic heterocycles. The van der Waals surface area contributed by atoms with Crippen LogP contribution in [0.2, 0.25) is 0 Å². The molecule has 1 aliphatic rings. The second-order valence-electron chi connectivity index (χ2n) is 3.91. The summed E-state index contributed by atoms with van der Waals surface area (Å²) in [6.07, 6.45) is 7.52. The van der Waals surface area contributed by atoms with E-state index in [4.69, 9.17) is 0 Å². The summed E-state index contributed by atoms with van der Waals surface area (Å²) in [6.45, 7) is 0. The molecular weight excluding hydrogens is 214 g/mol. The lowest BCUT2D eigenvalue weighted by Gasteiger charge is -2.17. The highest BCUT2D eigenvalue weighted by molar-refractivity contribution is 7.88. The van der Waals surface area contributed by atoms with E-state index in [1.54, 1.807) is 0 Å². The Hall–Kier alpha value is -0.840. The van der Waals surface area contributed by atoms with Crippen LogP contribution in [0.4, 0.5) is 0 Å². The highest BCUT2D eigenvalue weighted by Crippen LogP contribution is 2.20. The highest BCUT2D eigenvalue weighted by atomic mass is 32.2. The second kappa shape index (κ2) is 4.79. The van der Waals surface area contributed by atoms with E-state index in [1.807, 2.05) is 0 Å². The van der Waals surface area contributed by atoms with Gasteiger partial charge in [0.2, 0.25) is 15.9 Å². The van der Waals surface area contributed by atoms with E-state index in [1.165, 1.54) is 13.5 Å². The maximum Gasteiger partial charge on any atom is 0.239 e. The quantitative estimate of drug-likeness (QED) is 0.688. The van der Waals surface area contributed by atoms with Gasteiger partial charge in [0, 0.05) is 13.5 Å². The van der Waals surface area contributed by atoms with Gasteiger partial charge in [-0.05, 0) is 25.7 Å². The zero-order valence-corrected chi connectivity index (χ0v) is 10.0. The zero-order chi connectivity index (χ0) is 11.5. The maximum absolute atomic E-state index is 11.6. The SMILES string of the molecule is CN(C(=O)CC1=CCCCC1)S(C)(=O)=O. The van der Waals surface area contributed by atoms with Gasteiger partial charge < -0.3 is 0 Å². The van der Waals surface area contributed by atoms with Crippen molar-refractivity contribution in [3.05, 3.63) is 11.6 Å². The molecular formula is C10H17NO3S. The van der Waals surface area contributed by atoms with Gasteiger partial charge in [-0.2, -0.15) is 0 Å². The van der Waals surface area contributed by atoms with E-state index in [0.717, 1.165) is 35.4 Å². The molecule has 0 heterocycles. The van der Waals surface area contributed by atoms with Gasteiger partial charge in [-0.15, -0.1) is 0 Å². The molecule has 0 bridgehead atoms. The van der Waals surface area contributed by atoms with Gasteiger partial charge >= 0.3 is 0 Å². The van der Waals surface area contributed by atoms with Crippen LogP contribution in [-0.2, 0) is 14.8 Å². The monoisotopic (exact) mass is 231 g/mol. The number of sulfonamides is 1. The Bertz CT molecular complexity index is 370. The van der Waals surface area contributed by atoms with Gasteiger partial charge in [0.1, 0.15) is 0 Å². The fraction of sp³-hybridized carbons (Fsp3) is 0.700. The summed E-state index contributed by atoms with van der Waals surface area (Å²) < 4.78 is 23.0. The van der Waals surface area contributed by atoms with Gasteiger partial charge in [-0.3, -0.25) is 4.79 Å². The van der Waals surface area contributed by atoms with Crippen molar-refractivity contribution >= 4 is 15.9 Å². The Morgan fingerprint density at radius 2 is 2.13 bits per heavy atom. The molecule has 0 saturated carbocycles. The molecule has 0 N–H and O–H groups in total. The number of nitrogens with zero attached hydrogens (tertiary/aromatic N) is 1. The molecule has 0 fully saturated rings. The van der Waals surface area contributed by atoms with Gasteiger partial charge in [0.05, 0.1) is 6.26 Å². The largest absolute Gasteiger partial charge is 0.273 e. The van der Waals surface area contributed by atoms with Crippen molar-refractivity contribution in [3.8, 4) is 0 Å². The molecule has 1 amide bonds. The van der Waals surface area contributed by atoms with Crippen molar-refractivity contribution in [1.82, 2.24) is 4.31 Å². The average Bonchev–Trinajstić information content (AvgIpc) is 2.16. The summed E-state index contributed by atoms with van der Waals surface area (Å²) in [6, 6.07) is 0. The summed E-state index contributed by atoms with van der Waals surface area (Å²) in [5.74, 6) is -0.342. The Kier molecular flexibility index (Phi) is 3.90. The number of rotatable bonds is 3. The van der Waals surface area contributed by atoms with Crippen LogP contribution in [0.3, 0.4) is 0 Å². The van der Waals surface area contributed by atoms with E-state index in [-0.39, 0.29) is 12.3 Å². The number of carbonyl (C=O) groups is 1. The van der Waals surface area contributed by atoms with Crippen LogP contribution in [0.25, 0.3) is 0 Å². The van der Waals surface area contributed by atoms with Crippen LogP contribution in [0.1, 0.15) is 32.1 Å². The highest BCUT2D eigenvalue weighted by Gasteiger charge is 2.19. The van der Waals surface area contributed by atoms with Crippen molar-refractivity contribution in [2.24, 2.45) is 0 Å². The topological polar surface area (TPSA) is 54.5 Å². The number of allylic oxidation sites excluding steroid dienone is 1. The molecule has 0 atom stereocenters. The minimum absolute atomic E-state index is 0.240. The molecule has 0 aromatic rings. The average molecular weight is 231 g/mol. The molecule has 1 rings (SSSR count). The third-order valence-corrected chi connectivity index (χ3v) is 3.81. The van der Waals surface area contributed by atoms with Crippen LogP contribution < -0.4 is 0 Å². The third kappa shape index (κ3) is 3.66. The fourth-order valence-corrected chi connectivity index (χ4v) is 1.99. The third-order valence-electron chi connectivity index (χ3n) is 2.61. The van der Waals surface area contributed by atoms with E-state index in [0.29, 0.717) is 0 Å². The van der Waals surface area contributed by atoms with Crippen molar-refractivity contribution < 1.29 is 13.2 Å². The summed E-state index contributed by atoms with van der Waals surface area (Å²) in [4.78, 5) is 11.6. The zero-order valence-electron chi connectivity index (χ0n) is 9.19. The van der Waals surface area contributed by atoms with Crippen LogP contribution in [-0.4, -0.2) is 31.9 Å². The van der Waals surface area contributed by atoms with Gasteiger partial charge in [-0.25, -0.2) is 12.7 Å². The fourth-order valence-electron chi connectivity index (χ4n) is 1.56. The van der Waals surface area contributed by atoms with Crippen LogP contribution in [0, 0.1) is 0 Å². The van der Waals surface area contributed by atoms with Gasteiger partial charge in [-0.1, -0.05) is 11.6 Å². The smallest absolute Gasteiger partial charge is 0.239 e. The molecule has 0 radical (unpaired) electrons. The lowest BCUT2D eigenvalue weighted by atomic mass is 9.97. The Balaban J connectivity index is 2.59. The lowest BCUT2D eigenvalue weighted by molar-refractivity contribution is -0.124. The van der Waals surface area contributed by atoms with Crippen LogP contribution in [0.5, 0.6) is 0 Å². The molecule has 0 spiro atoms. The van der Waals surface area contributed by atoms with Crippen molar-refractivity contribution in [3.63, 3.8) is 0 Å². The van der Waals surface area contributed by atoms with Crippen LogP contribution in [0.15, 0.2) is 11.6 Å². The predicted molar refractivity (Wildman–Crippen MR) is 58.8 cm³/mol. The molecule has 15 heavy (non-hydrogen) atoms. The van der Waals surface area contributed by atoms with Crippen molar-refractivity contribution in [2.75, 3.05) is 13.3 Å². The predicted octanol–water partition coefficient (Wildman–Crippen LogP) is 1.29. The van der Waals surface area contributed by atoms with Gasteiger partial charge in [0.15, 0.2) is 0 Å². The van der Waals surface area contributed by atoms with Crippen LogP contribution >= 0.6 is 0 Å². The number of amides is 1. The number of hydrogen-bond donors (Lipinski definition) is 0. The first-order valence-corrected chi connectivity index (χ1v) is 6.90. The van der Waals surface area contributed by atoms with E-state index in [2.05, 4.69) is 6.08 Å².